The average Bonchev–Trinajstić information content (AvgIpc) is 2.26. The zero-order chi connectivity index (χ0) is 10.2. The number of likely N-dealkylation sites (tertiary alicyclic amines) is 1. The number of hydrazine groups is 1. The molecule has 82 valence electrons. The number of guanidine groups is 1. The Kier molecular flexibility index (Phi) is 5.32. The first kappa shape index (κ1) is 11.3. The van der Waals surface area contributed by atoms with Crippen molar-refractivity contribution in [1.29, 1.82) is 0 Å². The lowest BCUT2D eigenvalue weighted by atomic mass is 10.1. The molecule has 1 heterocycles. The highest BCUT2D eigenvalue weighted by molar-refractivity contribution is 5.79. The van der Waals surface area contributed by atoms with Crippen LogP contribution < -0.4 is 11.3 Å². The molecular weight excluding hydrogens is 180 g/mol. The normalized spacial score (nSPS) is 18.4. The van der Waals surface area contributed by atoms with Crippen molar-refractivity contribution in [3.63, 3.8) is 0 Å². The molecule has 0 spiro atoms. The molecule has 1 saturated heterocycles. The van der Waals surface area contributed by atoms with Gasteiger partial charge in [0.2, 0.25) is 5.96 Å². The van der Waals surface area contributed by atoms with Crippen LogP contribution in [0.5, 0.6) is 0 Å². The zero-order valence-electron chi connectivity index (χ0n) is 8.83. The highest BCUT2D eigenvalue weighted by atomic mass is 16.5. The molecule has 0 aliphatic carbocycles. The summed E-state index contributed by atoms with van der Waals surface area (Å²) in [6.07, 6.45) is 3.77. The van der Waals surface area contributed by atoms with Gasteiger partial charge in [0, 0.05) is 20.2 Å². The predicted molar refractivity (Wildman–Crippen MR) is 56.9 cm³/mol. The summed E-state index contributed by atoms with van der Waals surface area (Å²) in [6.45, 7) is 3.40. The summed E-state index contributed by atoms with van der Waals surface area (Å²) in [5.74, 6) is 6.22. The number of aliphatic imine (C=N–C) groups is 1. The number of nitrogens with zero attached hydrogens (tertiary/aromatic N) is 2. The number of nitrogens with one attached hydrogen (secondary N) is 1. The van der Waals surface area contributed by atoms with E-state index in [0.717, 1.165) is 19.0 Å². The molecule has 0 aromatic rings. The molecule has 0 saturated carbocycles. The summed E-state index contributed by atoms with van der Waals surface area (Å²) < 4.78 is 4.93. The van der Waals surface area contributed by atoms with E-state index in [1.807, 2.05) is 0 Å². The van der Waals surface area contributed by atoms with Gasteiger partial charge in [0.05, 0.1) is 13.2 Å². The van der Waals surface area contributed by atoms with Gasteiger partial charge in [-0.25, -0.2) is 10.8 Å². The molecule has 3 N–H and O–H groups in total. The van der Waals surface area contributed by atoms with Gasteiger partial charge < -0.3 is 9.64 Å². The third-order valence-electron chi connectivity index (χ3n) is 2.34. The Labute approximate surface area is 85.3 Å². The van der Waals surface area contributed by atoms with Gasteiger partial charge in [0.1, 0.15) is 0 Å². The summed E-state index contributed by atoms with van der Waals surface area (Å²) in [7, 11) is 1.67. The zero-order valence-corrected chi connectivity index (χ0v) is 8.83. The van der Waals surface area contributed by atoms with E-state index in [9.17, 15) is 0 Å². The van der Waals surface area contributed by atoms with E-state index < -0.39 is 0 Å². The van der Waals surface area contributed by atoms with Gasteiger partial charge in [-0.15, -0.1) is 0 Å². The predicted octanol–water partition coefficient (Wildman–Crippen LogP) is -0.0620. The first-order valence-electron chi connectivity index (χ1n) is 5.13. The van der Waals surface area contributed by atoms with Crippen LogP contribution in [0.2, 0.25) is 0 Å². The van der Waals surface area contributed by atoms with Crippen LogP contribution in [0.15, 0.2) is 4.99 Å². The average molecular weight is 200 g/mol. The number of rotatable bonds is 3. The third-order valence-corrected chi connectivity index (χ3v) is 2.34. The van der Waals surface area contributed by atoms with Gasteiger partial charge in [-0.3, -0.25) is 5.43 Å². The Balaban J connectivity index is 2.38. The first-order chi connectivity index (χ1) is 6.88. The smallest absolute Gasteiger partial charge is 0.208 e. The van der Waals surface area contributed by atoms with Crippen molar-refractivity contribution in [2.75, 3.05) is 33.4 Å². The fraction of sp³-hybridized carbons (Fsp3) is 0.889. The Bertz CT molecular complexity index is 178. The topological polar surface area (TPSA) is 62.9 Å². The van der Waals surface area contributed by atoms with Crippen molar-refractivity contribution in [2.45, 2.75) is 19.3 Å². The lowest BCUT2D eigenvalue weighted by Gasteiger charge is -2.29. The van der Waals surface area contributed by atoms with E-state index in [0.29, 0.717) is 13.2 Å². The van der Waals surface area contributed by atoms with E-state index in [-0.39, 0.29) is 0 Å². The van der Waals surface area contributed by atoms with Crippen LogP contribution in [0.4, 0.5) is 0 Å². The van der Waals surface area contributed by atoms with Crippen molar-refractivity contribution in [2.24, 2.45) is 10.8 Å². The monoisotopic (exact) mass is 200 g/mol. The summed E-state index contributed by atoms with van der Waals surface area (Å²) in [4.78, 5) is 6.53. The Morgan fingerprint density at radius 1 is 1.43 bits per heavy atom. The van der Waals surface area contributed by atoms with E-state index in [1.165, 1.54) is 19.3 Å². The second kappa shape index (κ2) is 6.62. The summed E-state index contributed by atoms with van der Waals surface area (Å²) in [5, 5.41) is 0. The lowest BCUT2D eigenvalue weighted by Crippen LogP contribution is -2.47. The Hall–Kier alpha value is -0.810. The molecule has 1 fully saturated rings. The number of hydrogen-bond donors (Lipinski definition) is 2. The maximum atomic E-state index is 5.42. The second-order valence-electron chi connectivity index (χ2n) is 3.39. The van der Waals surface area contributed by atoms with E-state index in [2.05, 4.69) is 15.3 Å². The number of nitrogens with two attached hydrogens (primary N) is 1. The minimum Gasteiger partial charge on any atom is -0.383 e. The molecule has 0 amide bonds. The van der Waals surface area contributed by atoms with Gasteiger partial charge in [-0.2, -0.15) is 0 Å². The van der Waals surface area contributed by atoms with Crippen LogP contribution in [0.3, 0.4) is 0 Å². The summed E-state index contributed by atoms with van der Waals surface area (Å²) in [5.41, 5.74) is 2.65. The van der Waals surface area contributed by atoms with Crippen molar-refractivity contribution in [3.05, 3.63) is 0 Å². The fourth-order valence-electron chi connectivity index (χ4n) is 1.59. The number of piperidine rings is 1. The standard InChI is InChI=1S/C9H20N4O/c1-14-8-5-11-9(12-10)13-6-3-2-4-7-13/h2-8,10H2,1H3,(H,11,12). The molecule has 5 nitrogen and oxygen atoms in total. The largest absolute Gasteiger partial charge is 0.383 e. The highest BCUT2D eigenvalue weighted by Gasteiger charge is 2.13. The lowest BCUT2D eigenvalue weighted by molar-refractivity contribution is 0.207. The van der Waals surface area contributed by atoms with Crippen LogP contribution in [0, 0.1) is 0 Å². The van der Waals surface area contributed by atoms with Crippen molar-refractivity contribution in [3.8, 4) is 0 Å². The number of ether oxygens (including phenoxy) is 1. The minimum absolute atomic E-state index is 0.638. The van der Waals surface area contributed by atoms with Gasteiger partial charge >= 0.3 is 0 Å². The quantitative estimate of drug-likeness (QED) is 0.220. The van der Waals surface area contributed by atoms with Crippen molar-refractivity contribution < 1.29 is 4.74 Å². The van der Waals surface area contributed by atoms with Crippen molar-refractivity contribution >= 4 is 5.96 Å². The molecule has 0 atom stereocenters. The number of hydrogen-bond acceptors (Lipinski definition) is 3. The molecule has 1 aliphatic heterocycles. The molecule has 0 radical (unpaired) electrons. The van der Waals surface area contributed by atoms with Gasteiger partial charge in [-0.05, 0) is 19.3 Å². The molecule has 0 unspecified atom stereocenters. The van der Waals surface area contributed by atoms with Gasteiger partial charge in [0.15, 0.2) is 0 Å². The number of methoxy groups -OCH3 is 1. The van der Waals surface area contributed by atoms with Crippen LogP contribution in [-0.2, 0) is 4.74 Å². The third kappa shape index (κ3) is 3.51. The van der Waals surface area contributed by atoms with Crippen LogP contribution in [0.1, 0.15) is 19.3 Å². The molecule has 5 heteroatoms. The van der Waals surface area contributed by atoms with Crippen molar-refractivity contribution in [1.82, 2.24) is 10.3 Å². The maximum absolute atomic E-state index is 5.42. The molecule has 0 bridgehead atoms. The Morgan fingerprint density at radius 3 is 2.71 bits per heavy atom. The van der Waals surface area contributed by atoms with Crippen LogP contribution >= 0.6 is 0 Å². The minimum atomic E-state index is 0.638. The highest BCUT2D eigenvalue weighted by Crippen LogP contribution is 2.08. The molecule has 0 aromatic carbocycles. The second-order valence-corrected chi connectivity index (χ2v) is 3.39. The fourth-order valence-corrected chi connectivity index (χ4v) is 1.59. The maximum Gasteiger partial charge on any atom is 0.208 e. The van der Waals surface area contributed by atoms with E-state index in [1.54, 1.807) is 7.11 Å². The van der Waals surface area contributed by atoms with Crippen LogP contribution in [0.25, 0.3) is 0 Å². The molecule has 14 heavy (non-hydrogen) atoms. The van der Waals surface area contributed by atoms with Gasteiger partial charge in [0.25, 0.3) is 0 Å². The first-order valence-corrected chi connectivity index (χ1v) is 5.13. The summed E-state index contributed by atoms with van der Waals surface area (Å²) >= 11 is 0. The Morgan fingerprint density at radius 2 is 2.14 bits per heavy atom. The van der Waals surface area contributed by atoms with E-state index >= 15 is 0 Å². The molecular formula is C9H20N4O. The van der Waals surface area contributed by atoms with Crippen LogP contribution in [-0.4, -0.2) is 44.2 Å². The molecule has 0 aromatic heterocycles. The molecule has 1 aliphatic rings. The van der Waals surface area contributed by atoms with E-state index in [4.69, 9.17) is 10.6 Å². The molecule has 1 rings (SSSR count). The summed E-state index contributed by atoms with van der Waals surface area (Å²) in [6, 6.07) is 0. The SMILES string of the molecule is COCCN=C(NN)N1CCCCC1. The van der Waals surface area contributed by atoms with Gasteiger partial charge in [-0.1, -0.05) is 0 Å².